The van der Waals surface area contributed by atoms with E-state index in [9.17, 15) is 4.79 Å². The van der Waals surface area contributed by atoms with Gasteiger partial charge in [0.25, 0.3) is 5.91 Å². The second kappa shape index (κ2) is 6.97. The molecule has 0 unspecified atom stereocenters. The third kappa shape index (κ3) is 3.71. The minimum Gasteiger partial charge on any atom is -0.365 e. The molecule has 2 heterocycles. The predicted molar refractivity (Wildman–Crippen MR) is 98.5 cm³/mol. The minimum absolute atomic E-state index is 0.0456. The zero-order valence-electron chi connectivity index (χ0n) is 14.0. The van der Waals surface area contributed by atoms with E-state index in [2.05, 4.69) is 33.6 Å². The Labute approximate surface area is 145 Å². The third-order valence-corrected chi connectivity index (χ3v) is 4.51. The lowest BCUT2D eigenvalue weighted by Gasteiger charge is -2.09. The molecule has 2 N–H and O–H groups in total. The normalized spacial score (nSPS) is 11.0. The van der Waals surface area contributed by atoms with Crippen LogP contribution in [0.4, 0.5) is 5.82 Å². The van der Waals surface area contributed by atoms with Gasteiger partial charge in [-0.2, -0.15) is 0 Å². The maximum atomic E-state index is 12.0. The second-order valence-corrected chi connectivity index (χ2v) is 7.21. The van der Waals surface area contributed by atoms with E-state index in [1.165, 1.54) is 4.88 Å². The molecule has 124 valence electrons. The number of nitrogens with one attached hydrogen (secondary N) is 2. The Hall–Kier alpha value is -2.47. The van der Waals surface area contributed by atoms with Crippen molar-refractivity contribution in [1.29, 1.82) is 0 Å². The van der Waals surface area contributed by atoms with Crippen LogP contribution in [0.2, 0.25) is 0 Å². The number of rotatable bonds is 5. The number of fused-ring (bicyclic) bond motifs is 1. The molecule has 0 saturated carbocycles. The largest absolute Gasteiger partial charge is 0.365 e. The number of thiophene rings is 1. The lowest BCUT2D eigenvalue weighted by atomic mass is 10.1. The quantitative estimate of drug-likeness (QED) is 0.742. The molecule has 3 aromatic rings. The zero-order chi connectivity index (χ0) is 17.1. The molecule has 0 aliphatic carbocycles. The molecule has 0 atom stereocenters. The van der Waals surface area contributed by atoms with Gasteiger partial charge in [0.1, 0.15) is 17.0 Å². The van der Waals surface area contributed by atoms with Crippen molar-refractivity contribution >= 4 is 33.3 Å². The summed E-state index contributed by atoms with van der Waals surface area (Å²) < 4.78 is 0. The lowest BCUT2D eigenvalue weighted by Crippen LogP contribution is -2.30. The highest BCUT2D eigenvalue weighted by Gasteiger charge is 2.08. The Kier molecular flexibility index (Phi) is 4.76. The molecule has 0 radical (unpaired) electrons. The molecule has 0 aliphatic rings. The van der Waals surface area contributed by atoms with Crippen LogP contribution < -0.4 is 10.6 Å². The minimum atomic E-state index is -0.0456. The molecule has 0 fully saturated rings. The van der Waals surface area contributed by atoms with Crippen LogP contribution in [0.1, 0.15) is 34.6 Å². The lowest BCUT2D eigenvalue weighted by molar-refractivity contribution is 0.0943. The van der Waals surface area contributed by atoms with Crippen molar-refractivity contribution in [2.45, 2.75) is 33.4 Å². The van der Waals surface area contributed by atoms with Crippen molar-refractivity contribution in [1.82, 2.24) is 15.3 Å². The van der Waals surface area contributed by atoms with E-state index in [0.717, 1.165) is 21.6 Å². The number of nitrogens with zero attached hydrogens (tertiary/aromatic N) is 2. The summed E-state index contributed by atoms with van der Waals surface area (Å²) in [6.45, 7) is 6.61. The molecular weight excluding hydrogens is 320 g/mol. The molecule has 1 amide bonds. The zero-order valence-corrected chi connectivity index (χ0v) is 14.8. The van der Waals surface area contributed by atoms with Crippen LogP contribution in [0.3, 0.4) is 0 Å². The molecule has 2 aromatic heterocycles. The van der Waals surface area contributed by atoms with Crippen molar-refractivity contribution in [2.75, 3.05) is 5.32 Å². The Bertz CT molecular complexity index is 855. The maximum absolute atomic E-state index is 12.0. The number of amides is 1. The van der Waals surface area contributed by atoms with Gasteiger partial charge in [0.2, 0.25) is 0 Å². The van der Waals surface area contributed by atoms with Crippen molar-refractivity contribution in [3.63, 3.8) is 0 Å². The van der Waals surface area contributed by atoms with Gasteiger partial charge >= 0.3 is 0 Å². The van der Waals surface area contributed by atoms with Crippen LogP contribution >= 0.6 is 11.3 Å². The molecule has 3 rings (SSSR count). The van der Waals surface area contributed by atoms with E-state index < -0.39 is 0 Å². The second-order valence-electron chi connectivity index (χ2n) is 5.98. The van der Waals surface area contributed by atoms with Gasteiger partial charge in [0.15, 0.2) is 0 Å². The van der Waals surface area contributed by atoms with Gasteiger partial charge in [-0.1, -0.05) is 12.1 Å². The van der Waals surface area contributed by atoms with Crippen LogP contribution in [0.25, 0.3) is 10.2 Å². The fourth-order valence-electron chi connectivity index (χ4n) is 2.42. The van der Waals surface area contributed by atoms with Crippen LogP contribution in [0.5, 0.6) is 0 Å². The number of hydrogen-bond acceptors (Lipinski definition) is 5. The van der Waals surface area contributed by atoms with Gasteiger partial charge < -0.3 is 10.6 Å². The van der Waals surface area contributed by atoms with Crippen molar-refractivity contribution in [3.05, 3.63) is 52.7 Å². The van der Waals surface area contributed by atoms with Gasteiger partial charge in [-0.15, -0.1) is 11.3 Å². The van der Waals surface area contributed by atoms with Crippen LogP contribution in [0.15, 0.2) is 36.7 Å². The first-order valence-corrected chi connectivity index (χ1v) is 8.69. The highest BCUT2D eigenvalue weighted by Crippen LogP contribution is 2.27. The smallest absolute Gasteiger partial charge is 0.251 e. The summed E-state index contributed by atoms with van der Waals surface area (Å²) in [5.74, 6) is 0.793. The van der Waals surface area contributed by atoms with E-state index in [1.807, 2.05) is 38.1 Å². The summed E-state index contributed by atoms with van der Waals surface area (Å²) in [6, 6.07) is 9.84. The summed E-state index contributed by atoms with van der Waals surface area (Å²) in [6.07, 6.45) is 1.58. The molecule has 5 nitrogen and oxygen atoms in total. The van der Waals surface area contributed by atoms with E-state index >= 15 is 0 Å². The summed E-state index contributed by atoms with van der Waals surface area (Å²) in [4.78, 5) is 22.8. The number of anilines is 1. The molecule has 0 saturated heterocycles. The summed E-state index contributed by atoms with van der Waals surface area (Å²) in [5, 5.41) is 7.29. The Morgan fingerprint density at radius 3 is 2.67 bits per heavy atom. The van der Waals surface area contributed by atoms with E-state index in [0.29, 0.717) is 12.1 Å². The van der Waals surface area contributed by atoms with E-state index in [4.69, 9.17) is 0 Å². The van der Waals surface area contributed by atoms with Gasteiger partial charge in [0, 0.05) is 23.0 Å². The molecule has 0 aliphatic heterocycles. The van der Waals surface area contributed by atoms with Crippen molar-refractivity contribution < 1.29 is 4.79 Å². The maximum Gasteiger partial charge on any atom is 0.251 e. The first-order chi connectivity index (χ1) is 11.5. The summed E-state index contributed by atoms with van der Waals surface area (Å²) in [5.41, 5.74) is 1.76. The van der Waals surface area contributed by atoms with E-state index in [1.54, 1.807) is 17.7 Å². The Morgan fingerprint density at radius 1 is 1.21 bits per heavy atom. The van der Waals surface area contributed by atoms with E-state index in [-0.39, 0.29) is 11.9 Å². The molecular formula is C18H20N4OS. The number of aryl methyl sites for hydroxylation is 1. The van der Waals surface area contributed by atoms with Gasteiger partial charge in [0.05, 0.1) is 5.39 Å². The van der Waals surface area contributed by atoms with Crippen molar-refractivity contribution in [3.8, 4) is 0 Å². The first-order valence-electron chi connectivity index (χ1n) is 7.88. The summed E-state index contributed by atoms with van der Waals surface area (Å²) >= 11 is 1.66. The highest BCUT2D eigenvalue weighted by atomic mass is 32.1. The standard InChI is InChI=1S/C18H20N4OS/c1-11(2)22-17(23)14-6-4-13(5-7-14)9-19-16-15-8-12(3)24-18(15)21-10-20-16/h4-8,10-11H,9H2,1-3H3,(H,22,23)(H,19,20,21). The molecule has 0 spiro atoms. The number of carbonyl (C=O) groups excluding carboxylic acids is 1. The molecule has 24 heavy (non-hydrogen) atoms. The molecule has 6 heteroatoms. The average molecular weight is 340 g/mol. The highest BCUT2D eigenvalue weighted by molar-refractivity contribution is 7.18. The third-order valence-electron chi connectivity index (χ3n) is 3.55. The number of carbonyl (C=O) groups is 1. The molecule has 0 bridgehead atoms. The number of benzene rings is 1. The topological polar surface area (TPSA) is 66.9 Å². The Morgan fingerprint density at radius 2 is 1.96 bits per heavy atom. The van der Waals surface area contributed by atoms with Crippen LogP contribution in [0, 0.1) is 6.92 Å². The van der Waals surface area contributed by atoms with Gasteiger partial charge in [-0.05, 0) is 44.5 Å². The van der Waals surface area contributed by atoms with Crippen LogP contribution in [-0.2, 0) is 6.54 Å². The monoisotopic (exact) mass is 340 g/mol. The SMILES string of the molecule is Cc1cc2c(NCc3ccc(C(=O)NC(C)C)cc3)ncnc2s1. The Balaban J connectivity index is 1.69. The van der Waals surface area contributed by atoms with Gasteiger partial charge in [-0.3, -0.25) is 4.79 Å². The average Bonchev–Trinajstić information content (AvgIpc) is 2.93. The van der Waals surface area contributed by atoms with Gasteiger partial charge in [-0.25, -0.2) is 9.97 Å². The fourth-order valence-corrected chi connectivity index (χ4v) is 3.27. The summed E-state index contributed by atoms with van der Waals surface area (Å²) in [7, 11) is 0. The fraction of sp³-hybridized carbons (Fsp3) is 0.278. The number of aromatic nitrogens is 2. The predicted octanol–water partition coefficient (Wildman–Crippen LogP) is 3.75. The number of hydrogen-bond donors (Lipinski definition) is 2. The van der Waals surface area contributed by atoms with Crippen molar-refractivity contribution in [2.24, 2.45) is 0 Å². The van der Waals surface area contributed by atoms with Crippen LogP contribution in [-0.4, -0.2) is 21.9 Å². The first kappa shape index (κ1) is 16.4. The molecule has 1 aromatic carbocycles.